The van der Waals surface area contributed by atoms with Crippen molar-refractivity contribution in [3.05, 3.63) is 0 Å². The van der Waals surface area contributed by atoms with Crippen molar-refractivity contribution < 1.29 is 19.4 Å². The molecule has 1 aliphatic heterocycles. The molecule has 0 aromatic heterocycles. The van der Waals surface area contributed by atoms with Crippen LogP contribution in [0.25, 0.3) is 0 Å². The lowest BCUT2D eigenvalue weighted by molar-refractivity contribution is -0.145. The van der Waals surface area contributed by atoms with Crippen LogP contribution in [0.3, 0.4) is 0 Å². The van der Waals surface area contributed by atoms with E-state index < -0.39 is 11.0 Å². The van der Waals surface area contributed by atoms with Gasteiger partial charge in [-0.05, 0) is 19.8 Å². The highest BCUT2D eigenvalue weighted by atomic mass is 16.5. The van der Waals surface area contributed by atoms with Gasteiger partial charge in [0.15, 0.2) is 0 Å². The molecule has 2 aliphatic rings. The van der Waals surface area contributed by atoms with E-state index in [2.05, 4.69) is 0 Å². The molecule has 1 atom stereocenters. The normalized spacial score (nSPS) is 25.3. The molecule has 108 valence electrons. The lowest BCUT2D eigenvalue weighted by Crippen LogP contribution is -2.45. The first-order valence-corrected chi connectivity index (χ1v) is 6.96. The van der Waals surface area contributed by atoms with Crippen LogP contribution in [0.2, 0.25) is 0 Å². The predicted molar refractivity (Wildman–Crippen MR) is 69.4 cm³/mol. The summed E-state index contributed by atoms with van der Waals surface area (Å²) < 4.78 is 4.94. The van der Waals surface area contributed by atoms with Gasteiger partial charge in [0.2, 0.25) is 11.8 Å². The molecule has 1 saturated carbocycles. The Kier molecular flexibility index (Phi) is 3.97. The zero-order valence-electron chi connectivity index (χ0n) is 11.8. The number of methoxy groups -OCH3 is 1. The number of carbonyl (C=O) groups excluding carboxylic acids is 2. The van der Waals surface area contributed by atoms with E-state index in [-0.39, 0.29) is 18.4 Å². The molecule has 1 N–H and O–H groups in total. The van der Waals surface area contributed by atoms with Crippen molar-refractivity contribution in [1.29, 1.82) is 0 Å². The minimum absolute atomic E-state index is 0.0762. The second kappa shape index (κ2) is 5.21. The molecule has 2 fully saturated rings. The van der Waals surface area contributed by atoms with Gasteiger partial charge in [0.05, 0.1) is 17.6 Å². The molecule has 5 heteroatoms. The molecule has 1 unspecified atom stereocenters. The molecule has 0 aromatic rings. The summed E-state index contributed by atoms with van der Waals surface area (Å²) in [7, 11) is 1.57. The average Bonchev–Trinajstić information content (AvgIpc) is 2.89. The number of hydrogen-bond acceptors (Lipinski definition) is 4. The summed E-state index contributed by atoms with van der Waals surface area (Å²) in [6.45, 7) is 2.14. The molecule has 1 heterocycles. The summed E-state index contributed by atoms with van der Waals surface area (Å²) >= 11 is 0. The SMILES string of the molecule is COCCC(C)(O)CN1C(=O)CC2(CCCC2)C1=O. The number of imide groups is 1. The highest BCUT2D eigenvalue weighted by molar-refractivity contribution is 6.06. The van der Waals surface area contributed by atoms with Crippen molar-refractivity contribution in [3.63, 3.8) is 0 Å². The van der Waals surface area contributed by atoms with Gasteiger partial charge in [-0.3, -0.25) is 14.5 Å². The Morgan fingerprint density at radius 3 is 2.58 bits per heavy atom. The van der Waals surface area contributed by atoms with Gasteiger partial charge < -0.3 is 9.84 Å². The van der Waals surface area contributed by atoms with Crippen LogP contribution in [-0.4, -0.2) is 47.7 Å². The first-order chi connectivity index (χ1) is 8.90. The molecule has 1 spiro atoms. The van der Waals surface area contributed by atoms with Crippen molar-refractivity contribution >= 4 is 11.8 Å². The summed E-state index contributed by atoms with van der Waals surface area (Å²) in [6, 6.07) is 0. The van der Waals surface area contributed by atoms with E-state index in [0.29, 0.717) is 19.4 Å². The van der Waals surface area contributed by atoms with Crippen LogP contribution in [-0.2, 0) is 14.3 Å². The molecule has 1 saturated heterocycles. The number of likely N-dealkylation sites (tertiary alicyclic amines) is 1. The number of β-amino-alcohol motifs (C(OH)–C–C–N with tert-alkyl or cyclic N) is 1. The van der Waals surface area contributed by atoms with E-state index in [4.69, 9.17) is 4.74 Å². The Morgan fingerprint density at radius 1 is 1.37 bits per heavy atom. The summed E-state index contributed by atoms with van der Waals surface area (Å²) in [5, 5.41) is 10.2. The summed E-state index contributed by atoms with van der Waals surface area (Å²) in [4.78, 5) is 25.8. The fourth-order valence-electron chi connectivity index (χ4n) is 3.20. The number of rotatable bonds is 5. The van der Waals surface area contributed by atoms with E-state index in [1.54, 1.807) is 14.0 Å². The number of aliphatic hydroxyl groups is 1. The maximum absolute atomic E-state index is 12.5. The van der Waals surface area contributed by atoms with Crippen LogP contribution < -0.4 is 0 Å². The fraction of sp³-hybridized carbons (Fsp3) is 0.857. The Labute approximate surface area is 113 Å². The number of nitrogens with zero attached hydrogens (tertiary/aromatic N) is 1. The quantitative estimate of drug-likeness (QED) is 0.759. The van der Waals surface area contributed by atoms with Gasteiger partial charge in [-0.2, -0.15) is 0 Å². The van der Waals surface area contributed by atoms with E-state index in [1.165, 1.54) is 4.90 Å². The van der Waals surface area contributed by atoms with E-state index in [9.17, 15) is 14.7 Å². The minimum atomic E-state index is -1.08. The van der Waals surface area contributed by atoms with E-state index in [1.807, 2.05) is 0 Å². The smallest absolute Gasteiger partial charge is 0.236 e. The second-order valence-corrected chi connectivity index (χ2v) is 6.19. The largest absolute Gasteiger partial charge is 0.388 e. The van der Waals surface area contributed by atoms with Crippen molar-refractivity contribution in [1.82, 2.24) is 4.90 Å². The van der Waals surface area contributed by atoms with Crippen LogP contribution in [0.4, 0.5) is 0 Å². The lowest BCUT2D eigenvalue weighted by Gasteiger charge is -2.29. The van der Waals surface area contributed by atoms with Gasteiger partial charge in [0.25, 0.3) is 0 Å². The van der Waals surface area contributed by atoms with Crippen molar-refractivity contribution in [2.75, 3.05) is 20.3 Å². The number of amides is 2. The second-order valence-electron chi connectivity index (χ2n) is 6.19. The van der Waals surface area contributed by atoms with Gasteiger partial charge in [-0.1, -0.05) is 12.8 Å². The average molecular weight is 269 g/mol. The zero-order valence-corrected chi connectivity index (χ0v) is 11.8. The topological polar surface area (TPSA) is 66.8 Å². The standard InChI is InChI=1S/C14H23NO4/c1-13(18,7-8-19-2)10-15-11(16)9-14(12(15)17)5-3-4-6-14/h18H,3-10H2,1-2H3. The number of carbonyl (C=O) groups is 2. The van der Waals surface area contributed by atoms with Gasteiger partial charge in [0.1, 0.15) is 0 Å². The van der Waals surface area contributed by atoms with Gasteiger partial charge >= 0.3 is 0 Å². The first kappa shape index (κ1) is 14.5. The molecular formula is C14H23NO4. The Morgan fingerprint density at radius 2 is 2.00 bits per heavy atom. The van der Waals surface area contributed by atoms with Crippen molar-refractivity contribution in [2.24, 2.45) is 5.41 Å². The van der Waals surface area contributed by atoms with Crippen LogP contribution in [0.1, 0.15) is 45.4 Å². The predicted octanol–water partition coefficient (Wildman–Crippen LogP) is 1.09. The third-order valence-corrected chi connectivity index (χ3v) is 4.39. The summed E-state index contributed by atoms with van der Waals surface area (Å²) in [5.41, 5.74) is -1.53. The zero-order chi connectivity index (χ0) is 14.1. The Bertz CT molecular complexity index is 372. The lowest BCUT2D eigenvalue weighted by atomic mass is 9.84. The molecule has 0 radical (unpaired) electrons. The summed E-state index contributed by atoms with van der Waals surface area (Å²) in [6.07, 6.45) is 4.40. The molecule has 19 heavy (non-hydrogen) atoms. The van der Waals surface area contributed by atoms with Crippen LogP contribution in [0, 0.1) is 5.41 Å². The van der Waals surface area contributed by atoms with Gasteiger partial charge in [-0.15, -0.1) is 0 Å². The third-order valence-electron chi connectivity index (χ3n) is 4.39. The van der Waals surface area contributed by atoms with Gasteiger partial charge in [-0.25, -0.2) is 0 Å². The van der Waals surface area contributed by atoms with Crippen LogP contribution >= 0.6 is 0 Å². The molecule has 0 bridgehead atoms. The molecule has 2 amide bonds. The molecular weight excluding hydrogens is 246 g/mol. The molecule has 5 nitrogen and oxygen atoms in total. The number of ether oxygens (including phenoxy) is 1. The Balaban J connectivity index is 2.04. The Hall–Kier alpha value is -0.940. The first-order valence-electron chi connectivity index (χ1n) is 6.96. The molecule has 1 aliphatic carbocycles. The van der Waals surface area contributed by atoms with Crippen LogP contribution in [0.15, 0.2) is 0 Å². The molecule has 2 rings (SSSR count). The maximum Gasteiger partial charge on any atom is 0.236 e. The van der Waals surface area contributed by atoms with E-state index >= 15 is 0 Å². The number of hydrogen-bond donors (Lipinski definition) is 1. The summed E-state index contributed by atoms with van der Waals surface area (Å²) in [5.74, 6) is -0.211. The highest BCUT2D eigenvalue weighted by Crippen LogP contribution is 2.47. The maximum atomic E-state index is 12.5. The van der Waals surface area contributed by atoms with Crippen LogP contribution in [0.5, 0.6) is 0 Å². The minimum Gasteiger partial charge on any atom is -0.388 e. The third kappa shape index (κ3) is 2.82. The molecule has 0 aromatic carbocycles. The fourth-order valence-corrected chi connectivity index (χ4v) is 3.20. The van der Waals surface area contributed by atoms with E-state index in [0.717, 1.165) is 25.7 Å². The highest BCUT2D eigenvalue weighted by Gasteiger charge is 2.53. The van der Waals surface area contributed by atoms with Crippen molar-refractivity contribution in [3.8, 4) is 0 Å². The van der Waals surface area contributed by atoms with Crippen molar-refractivity contribution in [2.45, 2.75) is 51.0 Å². The van der Waals surface area contributed by atoms with Gasteiger partial charge in [0, 0.05) is 26.6 Å². The monoisotopic (exact) mass is 269 g/mol.